The van der Waals surface area contributed by atoms with E-state index in [2.05, 4.69) is 5.16 Å². The molecule has 0 saturated heterocycles. The Morgan fingerprint density at radius 3 is 2.52 bits per heavy atom. The summed E-state index contributed by atoms with van der Waals surface area (Å²) >= 11 is 11.9. The summed E-state index contributed by atoms with van der Waals surface area (Å²) in [5, 5.41) is 5.32. The monoisotopic (exact) mass is 379 g/mol. The van der Waals surface area contributed by atoms with E-state index in [1.54, 1.807) is 24.3 Å². The highest BCUT2D eigenvalue weighted by atomic mass is 35.5. The number of aromatic nitrogens is 1. The lowest BCUT2D eigenvalue weighted by Gasteiger charge is -2.17. The van der Waals surface area contributed by atoms with Gasteiger partial charge in [0.1, 0.15) is 22.8 Å². The topological polar surface area (TPSA) is 72.4 Å². The fourth-order valence-corrected chi connectivity index (χ4v) is 2.74. The number of aryl methyl sites for hydroxylation is 1. The van der Waals surface area contributed by atoms with Crippen molar-refractivity contribution in [2.24, 2.45) is 5.84 Å². The van der Waals surface area contributed by atoms with Gasteiger partial charge >= 0.3 is 0 Å². The van der Waals surface area contributed by atoms with Crippen LogP contribution in [0.15, 0.2) is 47.0 Å². The van der Waals surface area contributed by atoms with E-state index in [1.807, 2.05) is 0 Å². The summed E-state index contributed by atoms with van der Waals surface area (Å²) in [5.74, 6) is 4.88. The molecular formula is C17H12Cl2FN3O2. The van der Waals surface area contributed by atoms with Crippen LogP contribution in [0.1, 0.15) is 16.1 Å². The molecule has 0 radical (unpaired) electrons. The van der Waals surface area contributed by atoms with Gasteiger partial charge in [0.15, 0.2) is 0 Å². The van der Waals surface area contributed by atoms with E-state index in [1.165, 1.54) is 25.1 Å². The third-order valence-corrected chi connectivity index (χ3v) is 4.17. The highest BCUT2D eigenvalue weighted by Crippen LogP contribution is 2.34. The van der Waals surface area contributed by atoms with E-state index in [4.69, 9.17) is 33.6 Å². The van der Waals surface area contributed by atoms with E-state index in [0.717, 1.165) is 5.01 Å². The zero-order chi connectivity index (χ0) is 18.1. The van der Waals surface area contributed by atoms with Crippen LogP contribution in [0.3, 0.4) is 0 Å². The van der Waals surface area contributed by atoms with Crippen molar-refractivity contribution >= 4 is 34.8 Å². The van der Waals surface area contributed by atoms with E-state index in [-0.39, 0.29) is 27.6 Å². The van der Waals surface area contributed by atoms with Gasteiger partial charge in [0.2, 0.25) is 0 Å². The molecular weight excluding hydrogens is 368 g/mol. The van der Waals surface area contributed by atoms with Gasteiger partial charge in [0, 0.05) is 5.02 Å². The van der Waals surface area contributed by atoms with Crippen molar-refractivity contribution in [3.63, 3.8) is 0 Å². The summed E-state index contributed by atoms with van der Waals surface area (Å²) in [6.07, 6.45) is 0. The highest BCUT2D eigenvalue weighted by molar-refractivity contribution is 6.33. The summed E-state index contributed by atoms with van der Waals surface area (Å²) in [6, 6.07) is 10.5. The van der Waals surface area contributed by atoms with Crippen LogP contribution in [0, 0.1) is 12.7 Å². The van der Waals surface area contributed by atoms with Gasteiger partial charge in [0.25, 0.3) is 5.91 Å². The second-order valence-corrected chi connectivity index (χ2v) is 6.05. The molecule has 0 unspecified atom stereocenters. The average molecular weight is 380 g/mol. The normalized spacial score (nSPS) is 10.8. The van der Waals surface area contributed by atoms with Crippen molar-refractivity contribution in [3.05, 3.63) is 69.7 Å². The van der Waals surface area contributed by atoms with E-state index >= 15 is 0 Å². The van der Waals surface area contributed by atoms with Crippen LogP contribution in [0.4, 0.5) is 10.1 Å². The Labute approximate surface area is 152 Å². The Morgan fingerprint density at radius 2 is 1.88 bits per heavy atom. The fourth-order valence-electron chi connectivity index (χ4n) is 2.36. The zero-order valence-corrected chi connectivity index (χ0v) is 14.5. The maximum atomic E-state index is 14.2. The number of carbonyl (C=O) groups excluding carboxylic acids is 1. The molecule has 25 heavy (non-hydrogen) atoms. The molecule has 1 heterocycles. The first-order chi connectivity index (χ1) is 11.9. The quantitative estimate of drug-likeness (QED) is 0.409. The molecule has 2 aromatic carbocycles. The molecule has 0 saturated carbocycles. The van der Waals surface area contributed by atoms with Gasteiger partial charge < -0.3 is 4.52 Å². The van der Waals surface area contributed by atoms with Gasteiger partial charge in [-0.2, -0.15) is 0 Å². The van der Waals surface area contributed by atoms with Gasteiger partial charge in [-0.15, -0.1) is 0 Å². The van der Waals surface area contributed by atoms with Crippen molar-refractivity contribution in [2.45, 2.75) is 6.92 Å². The predicted octanol–water partition coefficient (Wildman–Crippen LogP) is 4.62. The Kier molecular flexibility index (Phi) is 4.76. The molecule has 0 aliphatic rings. The number of rotatable bonds is 3. The molecule has 128 valence electrons. The predicted molar refractivity (Wildman–Crippen MR) is 94.1 cm³/mol. The SMILES string of the molecule is Cc1onc(-c2c(F)cccc2Cl)c1C(=O)N(N)c1ccc(Cl)cc1. The van der Waals surface area contributed by atoms with Crippen LogP contribution >= 0.6 is 23.2 Å². The van der Waals surface area contributed by atoms with Crippen molar-refractivity contribution in [2.75, 3.05) is 5.01 Å². The summed E-state index contributed by atoms with van der Waals surface area (Å²) in [4.78, 5) is 12.8. The number of benzene rings is 2. The molecule has 3 aromatic rings. The molecule has 0 spiro atoms. The van der Waals surface area contributed by atoms with Crippen LogP contribution in [-0.2, 0) is 0 Å². The van der Waals surface area contributed by atoms with Crippen LogP contribution in [0.2, 0.25) is 10.0 Å². The van der Waals surface area contributed by atoms with E-state index in [9.17, 15) is 9.18 Å². The first kappa shape index (κ1) is 17.4. The molecule has 8 heteroatoms. The van der Waals surface area contributed by atoms with Crippen LogP contribution in [0.25, 0.3) is 11.3 Å². The Balaban J connectivity index is 2.07. The van der Waals surface area contributed by atoms with Gasteiger partial charge in [-0.25, -0.2) is 15.2 Å². The highest BCUT2D eigenvalue weighted by Gasteiger charge is 2.28. The lowest BCUT2D eigenvalue weighted by Crippen LogP contribution is -2.37. The molecule has 3 rings (SSSR count). The minimum Gasteiger partial charge on any atom is -0.360 e. The first-order valence-electron chi connectivity index (χ1n) is 7.15. The van der Waals surface area contributed by atoms with Crippen molar-refractivity contribution in [1.29, 1.82) is 0 Å². The van der Waals surface area contributed by atoms with Gasteiger partial charge in [0.05, 0.1) is 16.3 Å². The third-order valence-electron chi connectivity index (χ3n) is 3.60. The zero-order valence-electron chi connectivity index (χ0n) is 13.0. The van der Waals surface area contributed by atoms with Gasteiger partial charge in [-0.3, -0.25) is 4.79 Å². The maximum absolute atomic E-state index is 14.2. The number of hydrogen-bond donors (Lipinski definition) is 1. The van der Waals surface area contributed by atoms with Gasteiger partial charge in [-0.05, 0) is 43.3 Å². The number of halogens is 3. The van der Waals surface area contributed by atoms with Gasteiger partial charge in [-0.1, -0.05) is 34.4 Å². The molecule has 0 aliphatic heterocycles. The molecule has 1 aromatic heterocycles. The first-order valence-corrected chi connectivity index (χ1v) is 7.91. The number of hydrazine groups is 1. The molecule has 5 nitrogen and oxygen atoms in total. The fraction of sp³-hybridized carbons (Fsp3) is 0.0588. The number of hydrogen-bond acceptors (Lipinski definition) is 4. The third kappa shape index (κ3) is 3.24. The lowest BCUT2D eigenvalue weighted by molar-refractivity contribution is 0.0986. The summed E-state index contributed by atoms with van der Waals surface area (Å²) < 4.78 is 19.3. The summed E-state index contributed by atoms with van der Waals surface area (Å²) in [6.45, 7) is 1.54. The molecule has 2 N–H and O–H groups in total. The number of anilines is 1. The number of amides is 1. The second kappa shape index (κ2) is 6.84. The summed E-state index contributed by atoms with van der Waals surface area (Å²) in [7, 11) is 0. The Bertz CT molecular complexity index is 921. The Morgan fingerprint density at radius 1 is 1.20 bits per heavy atom. The van der Waals surface area contributed by atoms with Crippen molar-refractivity contribution in [3.8, 4) is 11.3 Å². The van der Waals surface area contributed by atoms with Crippen molar-refractivity contribution < 1.29 is 13.7 Å². The second-order valence-electron chi connectivity index (χ2n) is 5.21. The number of nitrogens with zero attached hydrogens (tertiary/aromatic N) is 2. The van der Waals surface area contributed by atoms with Crippen LogP contribution in [-0.4, -0.2) is 11.1 Å². The van der Waals surface area contributed by atoms with Crippen molar-refractivity contribution in [1.82, 2.24) is 5.16 Å². The molecule has 0 aliphatic carbocycles. The molecule has 0 bridgehead atoms. The standard InChI is InChI=1S/C17H12Cl2FN3O2/c1-9-14(17(24)23(21)11-7-5-10(18)6-8-11)16(22-25-9)15-12(19)3-2-4-13(15)20/h2-8H,21H2,1H3. The smallest absolute Gasteiger partial charge is 0.278 e. The molecule has 0 atom stereocenters. The largest absolute Gasteiger partial charge is 0.360 e. The minimum atomic E-state index is -0.620. The number of carbonyl (C=O) groups is 1. The summed E-state index contributed by atoms with van der Waals surface area (Å²) in [5.41, 5.74) is 0.411. The van der Waals surface area contributed by atoms with Crippen LogP contribution < -0.4 is 10.9 Å². The average Bonchev–Trinajstić information content (AvgIpc) is 2.95. The minimum absolute atomic E-state index is 0.00462. The number of nitrogens with two attached hydrogens (primary N) is 1. The van der Waals surface area contributed by atoms with Crippen LogP contribution in [0.5, 0.6) is 0 Å². The van der Waals surface area contributed by atoms with E-state index < -0.39 is 11.7 Å². The lowest BCUT2D eigenvalue weighted by atomic mass is 10.0. The maximum Gasteiger partial charge on any atom is 0.278 e. The van der Waals surface area contributed by atoms with E-state index in [0.29, 0.717) is 10.7 Å². The Hall–Kier alpha value is -2.41. The molecule has 1 amide bonds. The molecule has 0 fully saturated rings.